The molecule has 1 aromatic carbocycles. The molecule has 2 aliphatic rings. The number of likely N-dealkylation sites (tertiary alicyclic amines) is 1. The number of hydrogen-bond acceptors (Lipinski definition) is 5. The van der Waals surface area contributed by atoms with E-state index in [1.165, 1.54) is 31.5 Å². The van der Waals surface area contributed by atoms with Crippen LogP contribution in [0.5, 0.6) is 0 Å². The van der Waals surface area contributed by atoms with Crippen LogP contribution >= 0.6 is 0 Å². The fourth-order valence-electron chi connectivity index (χ4n) is 4.55. The number of benzene rings is 1. The fourth-order valence-corrected chi connectivity index (χ4v) is 4.55. The van der Waals surface area contributed by atoms with E-state index >= 15 is 0 Å². The number of aromatic nitrogens is 1. The van der Waals surface area contributed by atoms with Gasteiger partial charge in [0.05, 0.1) is 0 Å². The number of nitrogens with zero attached hydrogens (tertiary/aromatic N) is 3. The average molecular weight is 505 g/mol. The van der Waals surface area contributed by atoms with Crippen LogP contribution in [-0.4, -0.2) is 64.8 Å². The van der Waals surface area contributed by atoms with Gasteiger partial charge in [-0.3, -0.25) is 14.7 Å². The number of hydrogen-bond donors (Lipinski definition) is 2. The summed E-state index contributed by atoms with van der Waals surface area (Å²) in [6.07, 6.45) is 5.59. The number of carbonyl (C=O) groups is 2. The van der Waals surface area contributed by atoms with E-state index < -0.39 is 12.1 Å². The second-order valence-corrected chi connectivity index (χ2v) is 9.03. The largest absolute Gasteiger partial charge is 0.490 e. The molecule has 0 spiro atoms. The van der Waals surface area contributed by atoms with Gasteiger partial charge in [-0.1, -0.05) is 6.07 Å². The Hall–Kier alpha value is -3.40. The summed E-state index contributed by atoms with van der Waals surface area (Å²) in [6.45, 7) is 7.87. The summed E-state index contributed by atoms with van der Waals surface area (Å²) in [5, 5.41) is 10.1. The number of carbonyl (C=O) groups excluding carboxylic acids is 1. The standard InChI is InChI=1S/C24H30N4O.C2HF3O2/c1-18-15-21(27-14-11-22(17-27)28-13-4-5-19(28)2)8-9-23(18)26-24(29)10-7-20-6-3-12-25-16-20;3-2(4,5)1(6)7/h3,6-10,12,15-16,19,22H,4-5,11,13-14,17H2,1-2H3,(H,26,29);(H,6,7)/b10-7+;. The van der Waals surface area contributed by atoms with Crippen molar-refractivity contribution in [1.29, 1.82) is 0 Å². The topological polar surface area (TPSA) is 85.8 Å². The maximum atomic E-state index is 12.3. The third kappa shape index (κ3) is 7.55. The van der Waals surface area contributed by atoms with Crippen molar-refractivity contribution < 1.29 is 27.9 Å². The van der Waals surface area contributed by atoms with E-state index in [0.29, 0.717) is 6.04 Å². The Kier molecular flexibility index (Phi) is 9.08. The van der Waals surface area contributed by atoms with Crippen LogP contribution in [0.1, 0.15) is 37.3 Å². The summed E-state index contributed by atoms with van der Waals surface area (Å²) in [4.78, 5) is 30.4. The second kappa shape index (κ2) is 12.0. The molecule has 2 fully saturated rings. The van der Waals surface area contributed by atoms with Crippen LogP contribution < -0.4 is 10.2 Å². The van der Waals surface area contributed by atoms with Gasteiger partial charge in [0.15, 0.2) is 0 Å². The van der Waals surface area contributed by atoms with Crippen LogP contribution in [0.15, 0.2) is 48.8 Å². The van der Waals surface area contributed by atoms with Crippen LogP contribution in [0.3, 0.4) is 0 Å². The number of nitrogens with one attached hydrogen (secondary N) is 1. The van der Waals surface area contributed by atoms with E-state index in [4.69, 9.17) is 9.90 Å². The molecule has 7 nitrogen and oxygen atoms in total. The van der Waals surface area contributed by atoms with Crippen molar-refractivity contribution >= 4 is 29.3 Å². The van der Waals surface area contributed by atoms with Crippen LogP contribution in [0.4, 0.5) is 24.5 Å². The minimum absolute atomic E-state index is 0.131. The Bertz CT molecular complexity index is 1080. The number of halogens is 3. The smallest absolute Gasteiger partial charge is 0.475 e. The molecule has 3 heterocycles. The van der Waals surface area contributed by atoms with Crippen LogP contribution in [0.2, 0.25) is 0 Å². The van der Waals surface area contributed by atoms with Crippen molar-refractivity contribution in [2.45, 2.75) is 51.4 Å². The highest BCUT2D eigenvalue weighted by Gasteiger charge is 2.38. The molecule has 2 N–H and O–H groups in total. The highest BCUT2D eigenvalue weighted by Crippen LogP contribution is 2.30. The normalized spacial score (nSPS) is 20.3. The number of carboxylic acids is 1. The number of aryl methyl sites for hydroxylation is 1. The number of amides is 1. The molecule has 10 heteroatoms. The van der Waals surface area contributed by atoms with Gasteiger partial charge >= 0.3 is 12.1 Å². The number of aliphatic carboxylic acids is 1. The van der Waals surface area contributed by atoms with Crippen molar-refractivity contribution in [2.75, 3.05) is 29.9 Å². The molecule has 4 rings (SSSR count). The lowest BCUT2D eigenvalue weighted by Gasteiger charge is -2.28. The lowest BCUT2D eigenvalue weighted by atomic mass is 10.1. The molecule has 2 aliphatic heterocycles. The minimum atomic E-state index is -5.08. The molecule has 0 aliphatic carbocycles. The highest BCUT2D eigenvalue weighted by atomic mass is 19.4. The first-order valence-corrected chi connectivity index (χ1v) is 11.8. The number of anilines is 2. The molecule has 0 bridgehead atoms. The van der Waals surface area contributed by atoms with E-state index in [9.17, 15) is 18.0 Å². The second-order valence-electron chi connectivity index (χ2n) is 9.03. The van der Waals surface area contributed by atoms with Gasteiger partial charge in [-0.25, -0.2) is 4.79 Å². The Balaban J connectivity index is 0.000000454. The lowest BCUT2D eigenvalue weighted by molar-refractivity contribution is -0.192. The van der Waals surface area contributed by atoms with Gasteiger partial charge in [0.2, 0.25) is 5.91 Å². The van der Waals surface area contributed by atoms with E-state index in [1.807, 2.05) is 18.2 Å². The van der Waals surface area contributed by atoms with Crippen LogP contribution in [-0.2, 0) is 9.59 Å². The molecule has 1 amide bonds. The molecule has 1 aromatic heterocycles. The zero-order valence-corrected chi connectivity index (χ0v) is 20.3. The summed E-state index contributed by atoms with van der Waals surface area (Å²) in [5.74, 6) is -2.89. The Morgan fingerprint density at radius 3 is 2.53 bits per heavy atom. The summed E-state index contributed by atoms with van der Waals surface area (Å²) < 4.78 is 31.7. The first-order chi connectivity index (χ1) is 17.0. The lowest BCUT2D eigenvalue weighted by Crippen LogP contribution is -2.39. The van der Waals surface area contributed by atoms with Crippen molar-refractivity contribution in [3.63, 3.8) is 0 Å². The molecule has 194 valence electrons. The molecular weight excluding hydrogens is 473 g/mol. The molecule has 2 unspecified atom stereocenters. The number of pyridine rings is 1. The maximum absolute atomic E-state index is 12.3. The Morgan fingerprint density at radius 2 is 1.94 bits per heavy atom. The predicted octanol–water partition coefficient (Wildman–Crippen LogP) is 4.74. The first kappa shape index (κ1) is 27.2. The number of rotatable bonds is 5. The molecule has 0 radical (unpaired) electrons. The SMILES string of the molecule is Cc1cc(N2CCC(N3CCCC3C)C2)ccc1NC(=O)/C=C/c1cccnc1.O=C(O)C(F)(F)F. The van der Waals surface area contributed by atoms with Crippen molar-refractivity contribution in [1.82, 2.24) is 9.88 Å². The third-order valence-corrected chi connectivity index (χ3v) is 6.42. The molecule has 2 aromatic rings. The predicted molar refractivity (Wildman–Crippen MR) is 133 cm³/mol. The Morgan fingerprint density at radius 1 is 1.19 bits per heavy atom. The van der Waals surface area contributed by atoms with E-state index in [2.05, 4.69) is 46.1 Å². The Labute approximate surface area is 208 Å². The van der Waals surface area contributed by atoms with E-state index in [0.717, 1.165) is 35.9 Å². The third-order valence-electron chi connectivity index (χ3n) is 6.42. The van der Waals surface area contributed by atoms with Gasteiger partial charge in [0.25, 0.3) is 0 Å². The monoisotopic (exact) mass is 504 g/mol. The highest BCUT2D eigenvalue weighted by molar-refractivity contribution is 6.02. The summed E-state index contributed by atoms with van der Waals surface area (Å²) in [7, 11) is 0. The zero-order valence-electron chi connectivity index (χ0n) is 20.3. The zero-order chi connectivity index (χ0) is 26.3. The first-order valence-electron chi connectivity index (χ1n) is 11.8. The van der Waals surface area contributed by atoms with Gasteiger partial charge in [-0.15, -0.1) is 0 Å². The molecule has 0 saturated carbocycles. The number of alkyl halides is 3. The van der Waals surface area contributed by atoms with Gasteiger partial charge in [-0.05, 0) is 81.1 Å². The van der Waals surface area contributed by atoms with Crippen molar-refractivity contribution in [3.8, 4) is 0 Å². The van der Waals surface area contributed by atoms with Crippen LogP contribution in [0, 0.1) is 6.92 Å². The van der Waals surface area contributed by atoms with E-state index in [-0.39, 0.29) is 5.91 Å². The molecule has 36 heavy (non-hydrogen) atoms. The maximum Gasteiger partial charge on any atom is 0.490 e. The molecule has 2 atom stereocenters. The minimum Gasteiger partial charge on any atom is -0.475 e. The average Bonchev–Trinajstić information content (AvgIpc) is 3.48. The van der Waals surface area contributed by atoms with E-state index in [1.54, 1.807) is 24.5 Å². The molecule has 2 saturated heterocycles. The van der Waals surface area contributed by atoms with Crippen molar-refractivity contribution in [2.24, 2.45) is 0 Å². The summed E-state index contributed by atoms with van der Waals surface area (Å²) in [6, 6.07) is 11.5. The van der Waals surface area contributed by atoms with Gasteiger partial charge in [0, 0.05) is 55.0 Å². The summed E-state index contributed by atoms with van der Waals surface area (Å²) >= 11 is 0. The van der Waals surface area contributed by atoms with Crippen molar-refractivity contribution in [3.05, 3.63) is 59.9 Å². The fraction of sp³-hybridized carbons (Fsp3) is 0.423. The quantitative estimate of drug-likeness (QED) is 0.573. The summed E-state index contributed by atoms with van der Waals surface area (Å²) in [5.41, 5.74) is 4.11. The number of carboxylic acid groups (broad SMARTS) is 1. The van der Waals surface area contributed by atoms with Gasteiger partial charge in [0.1, 0.15) is 0 Å². The van der Waals surface area contributed by atoms with Gasteiger partial charge < -0.3 is 15.3 Å². The van der Waals surface area contributed by atoms with Gasteiger partial charge in [-0.2, -0.15) is 13.2 Å². The van der Waals surface area contributed by atoms with Crippen LogP contribution in [0.25, 0.3) is 6.08 Å². The molecular formula is C26H31F3N4O3.